The number of aryl methyl sites for hydroxylation is 1. The van der Waals surface area contributed by atoms with E-state index in [1.807, 2.05) is 11.5 Å². The summed E-state index contributed by atoms with van der Waals surface area (Å²) in [7, 11) is 0. The number of allylic oxidation sites excluding steroid dienone is 1. The summed E-state index contributed by atoms with van der Waals surface area (Å²) < 4.78 is 1.88. The Morgan fingerprint density at radius 2 is 1.84 bits per heavy atom. The molecule has 2 aliphatic carbocycles. The van der Waals surface area contributed by atoms with Gasteiger partial charge in [0.05, 0.1) is 11.3 Å². The van der Waals surface area contributed by atoms with Gasteiger partial charge in [-0.2, -0.15) is 0 Å². The molecule has 2 aromatic carbocycles. The first-order valence-corrected chi connectivity index (χ1v) is 12.5. The van der Waals surface area contributed by atoms with Crippen molar-refractivity contribution in [3.63, 3.8) is 0 Å². The zero-order chi connectivity index (χ0) is 22.3. The van der Waals surface area contributed by atoms with Crippen LogP contribution in [-0.4, -0.2) is 9.55 Å². The molecule has 0 amide bonds. The summed E-state index contributed by atoms with van der Waals surface area (Å²) in [5, 5.41) is 0.794. The molecule has 0 bridgehead atoms. The van der Waals surface area contributed by atoms with Crippen LogP contribution in [0.3, 0.4) is 0 Å². The molecule has 1 saturated carbocycles. The van der Waals surface area contributed by atoms with E-state index in [9.17, 15) is 4.79 Å². The highest BCUT2D eigenvalue weighted by Gasteiger charge is 2.44. The quantitative estimate of drug-likeness (QED) is 0.258. The molecule has 5 rings (SSSR count). The van der Waals surface area contributed by atoms with Crippen LogP contribution >= 0.6 is 11.8 Å². The van der Waals surface area contributed by atoms with Crippen LogP contribution in [0.25, 0.3) is 11.3 Å². The average Bonchev–Trinajstić information content (AvgIpc) is 3.23. The Morgan fingerprint density at radius 1 is 1.12 bits per heavy atom. The number of thioether (sulfide) groups is 1. The number of fused-ring (bicyclic) bond motifs is 4. The Labute approximate surface area is 194 Å². The second-order valence-electron chi connectivity index (χ2n) is 9.56. The Kier molecular flexibility index (Phi) is 5.58. The van der Waals surface area contributed by atoms with Gasteiger partial charge in [-0.05, 0) is 44.2 Å². The van der Waals surface area contributed by atoms with Crippen molar-refractivity contribution >= 4 is 11.8 Å². The summed E-state index contributed by atoms with van der Waals surface area (Å²) in [6.07, 6.45) is 5.48. The van der Waals surface area contributed by atoms with Gasteiger partial charge in [-0.15, -0.1) is 0 Å². The van der Waals surface area contributed by atoms with Crippen molar-refractivity contribution in [2.45, 2.75) is 68.8 Å². The SMILES string of the molecule is C=C(C)Cn1c(SCc2ccc(C)cc2)nc2c(c1=O)C1(CCCC1)Cc1ccccc1-2. The molecule has 0 saturated heterocycles. The normalized spacial score (nSPS) is 16.1. The summed E-state index contributed by atoms with van der Waals surface area (Å²) in [5.74, 6) is 0.786. The first-order valence-electron chi connectivity index (χ1n) is 11.5. The average molecular weight is 443 g/mol. The highest BCUT2D eigenvalue weighted by Crippen LogP contribution is 2.50. The molecule has 0 aliphatic heterocycles. The summed E-state index contributed by atoms with van der Waals surface area (Å²) in [5.41, 5.74) is 7.88. The van der Waals surface area contributed by atoms with Crippen LogP contribution in [0, 0.1) is 6.92 Å². The lowest BCUT2D eigenvalue weighted by atomic mass is 9.68. The zero-order valence-electron chi connectivity index (χ0n) is 19.0. The molecule has 0 N–H and O–H groups in total. The smallest absolute Gasteiger partial charge is 0.258 e. The first-order chi connectivity index (χ1) is 15.5. The second-order valence-corrected chi connectivity index (χ2v) is 10.5. The van der Waals surface area contributed by atoms with E-state index in [1.54, 1.807) is 11.8 Å². The maximum atomic E-state index is 14.1. The van der Waals surface area contributed by atoms with Crippen molar-refractivity contribution in [1.82, 2.24) is 9.55 Å². The predicted octanol–water partition coefficient (Wildman–Crippen LogP) is 6.46. The number of benzene rings is 2. The molecular weight excluding hydrogens is 412 g/mol. The third-order valence-electron chi connectivity index (χ3n) is 6.94. The van der Waals surface area contributed by atoms with Gasteiger partial charge in [0.25, 0.3) is 5.56 Å². The molecule has 3 aromatic rings. The van der Waals surface area contributed by atoms with Gasteiger partial charge in [0.2, 0.25) is 0 Å². The van der Waals surface area contributed by atoms with Crippen LogP contribution < -0.4 is 5.56 Å². The van der Waals surface area contributed by atoms with Gasteiger partial charge >= 0.3 is 0 Å². The number of hydrogen-bond donors (Lipinski definition) is 0. The molecule has 1 fully saturated rings. The van der Waals surface area contributed by atoms with Crippen molar-refractivity contribution in [2.75, 3.05) is 0 Å². The first kappa shape index (κ1) is 21.3. The van der Waals surface area contributed by atoms with Gasteiger partial charge in [0.1, 0.15) is 0 Å². The van der Waals surface area contributed by atoms with Gasteiger partial charge in [0.15, 0.2) is 5.16 Å². The minimum absolute atomic E-state index is 0.0647. The molecule has 1 heterocycles. The van der Waals surface area contributed by atoms with E-state index in [4.69, 9.17) is 4.98 Å². The summed E-state index contributed by atoms with van der Waals surface area (Å²) in [6.45, 7) is 8.71. The van der Waals surface area contributed by atoms with Crippen LogP contribution in [0.2, 0.25) is 0 Å². The van der Waals surface area contributed by atoms with E-state index < -0.39 is 0 Å². The largest absolute Gasteiger partial charge is 0.283 e. The van der Waals surface area contributed by atoms with E-state index >= 15 is 0 Å². The van der Waals surface area contributed by atoms with E-state index in [0.29, 0.717) is 6.54 Å². The van der Waals surface area contributed by atoms with E-state index in [1.165, 1.54) is 29.5 Å². The Hall–Kier alpha value is -2.59. The molecule has 0 radical (unpaired) electrons. The standard InChI is InChI=1S/C28H30N2OS/c1-19(2)17-30-26(31)24-25(29-27(30)32-18-21-12-10-20(3)11-13-21)23-9-5-4-8-22(23)16-28(24)14-6-7-15-28/h4-5,8-13H,1,6-7,14-18H2,2-3H3. The monoisotopic (exact) mass is 442 g/mol. The molecule has 3 nitrogen and oxygen atoms in total. The van der Waals surface area contributed by atoms with E-state index in [0.717, 1.165) is 52.6 Å². The van der Waals surface area contributed by atoms with Gasteiger partial charge in [-0.1, -0.05) is 90.8 Å². The molecule has 164 valence electrons. The van der Waals surface area contributed by atoms with Crippen molar-refractivity contribution in [1.29, 1.82) is 0 Å². The highest BCUT2D eigenvalue weighted by molar-refractivity contribution is 7.98. The number of hydrogen-bond acceptors (Lipinski definition) is 3. The highest BCUT2D eigenvalue weighted by atomic mass is 32.2. The van der Waals surface area contributed by atoms with Crippen molar-refractivity contribution in [2.24, 2.45) is 0 Å². The molecule has 32 heavy (non-hydrogen) atoms. The lowest BCUT2D eigenvalue weighted by molar-refractivity contribution is 0.417. The Morgan fingerprint density at radius 3 is 2.56 bits per heavy atom. The maximum Gasteiger partial charge on any atom is 0.258 e. The molecule has 0 atom stereocenters. The van der Waals surface area contributed by atoms with Crippen LogP contribution in [0.5, 0.6) is 0 Å². The topological polar surface area (TPSA) is 34.9 Å². The van der Waals surface area contributed by atoms with Crippen LogP contribution in [-0.2, 0) is 24.1 Å². The molecule has 2 aliphatic rings. The fourth-order valence-electron chi connectivity index (χ4n) is 5.40. The predicted molar refractivity (Wildman–Crippen MR) is 133 cm³/mol. The minimum atomic E-state index is -0.0647. The van der Waals surface area contributed by atoms with Gasteiger partial charge in [-0.25, -0.2) is 4.98 Å². The summed E-state index contributed by atoms with van der Waals surface area (Å²) >= 11 is 1.65. The lowest BCUT2D eigenvalue weighted by Crippen LogP contribution is -2.40. The van der Waals surface area contributed by atoms with Gasteiger partial charge < -0.3 is 0 Å². The molecule has 4 heteroatoms. The molecule has 0 unspecified atom stereocenters. The molecular formula is C28H30N2OS. The molecule has 1 spiro atoms. The van der Waals surface area contributed by atoms with Crippen LogP contribution in [0.1, 0.15) is 54.9 Å². The maximum absolute atomic E-state index is 14.1. The van der Waals surface area contributed by atoms with Gasteiger partial charge in [0, 0.05) is 23.3 Å². The Balaban J connectivity index is 1.66. The van der Waals surface area contributed by atoms with Crippen LogP contribution in [0.4, 0.5) is 0 Å². The fourth-order valence-corrected chi connectivity index (χ4v) is 6.34. The van der Waals surface area contributed by atoms with E-state index in [-0.39, 0.29) is 11.0 Å². The van der Waals surface area contributed by atoms with Gasteiger partial charge in [-0.3, -0.25) is 9.36 Å². The number of aromatic nitrogens is 2. The fraction of sp³-hybridized carbons (Fsp3) is 0.357. The van der Waals surface area contributed by atoms with Crippen LogP contribution in [0.15, 0.2) is 70.6 Å². The summed E-state index contributed by atoms with van der Waals surface area (Å²) in [6, 6.07) is 17.1. The Bertz CT molecular complexity index is 1230. The number of nitrogens with zero attached hydrogens (tertiary/aromatic N) is 2. The third kappa shape index (κ3) is 3.75. The van der Waals surface area contributed by atoms with Crippen molar-refractivity contribution < 1.29 is 0 Å². The lowest BCUT2D eigenvalue weighted by Gasteiger charge is -2.36. The van der Waals surface area contributed by atoms with Crippen molar-refractivity contribution in [3.05, 3.63) is 93.3 Å². The minimum Gasteiger partial charge on any atom is -0.283 e. The van der Waals surface area contributed by atoms with E-state index in [2.05, 4.69) is 62.0 Å². The number of rotatable bonds is 5. The van der Waals surface area contributed by atoms with Crippen molar-refractivity contribution in [3.8, 4) is 11.3 Å². The third-order valence-corrected chi connectivity index (χ3v) is 7.99. The summed E-state index contributed by atoms with van der Waals surface area (Å²) in [4.78, 5) is 19.3. The zero-order valence-corrected chi connectivity index (χ0v) is 19.8. The second kappa shape index (κ2) is 8.40. The molecule has 1 aromatic heterocycles.